The maximum atomic E-state index is 11.7. The third kappa shape index (κ3) is 2.26. The van der Waals surface area contributed by atoms with Crippen LogP contribution in [0.3, 0.4) is 0 Å². The van der Waals surface area contributed by atoms with E-state index in [-0.39, 0.29) is 25.0 Å². The van der Waals surface area contributed by atoms with E-state index in [0.717, 1.165) is 10.0 Å². The first kappa shape index (κ1) is 11.9. The van der Waals surface area contributed by atoms with E-state index >= 15 is 0 Å². The summed E-state index contributed by atoms with van der Waals surface area (Å²) in [4.78, 5) is 25.9. The summed E-state index contributed by atoms with van der Waals surface area (Å²) < 4.78 is 0.803. The topological polar surface area (TPSA) is 66.6 Å². The molecule has 0 unspecified atom stereocenters. The molecule has 0 saturated carbocycles. The molecule has 5 nitrogen and oxygen atoms in total. The third-order valence-electron chi connectivity index (χ3n) is 2.63. The van der Waals surface area contributed by atoms with Gasteiger partial charge in [-0.3, -0.25) is 9.69 Å². The minimum atomic E-state index is -0.267. The molecule has 0 aromatic heterocycles. The molecule has 0 atom stereocenters. The molecule has 90 valence electrons. The molecule has 1 saturated heterocycles. The zero-order chi connectivity index (χ0) is 12.6. The number of rotatable bonds is 2. The van der Waals surface area contributed by atoms with Gasteiger partial charge in [0.05, 0.1) is 6.54 Å². The van der Waals surface area contributed by atoms with Gasteiger partial charge in [0.2, 0.25) is 0 Å². The second-order valence-corrected chi connectivity index (χ2v) is 4.83. The molecule has 2 N–H and O–H groups in total. The second kappa shape index (κ2) is 4.37. The average Bonchev–Trinajstić information content (AvgIpc) is 2.50. The van der Waals surface area contributed by atoms with Gasteiger partial charge in [-0.2, -0.15) is 0 Å². The Balaban J connectivity index is 2.18. The Hall–Kier alpha value is -1.56. The number of nitrogens with zero attached hydrogens (tertiary/aromatic N) is 2. The summed E-state index contributed by atoms with van der Waals surface area (Å²) in [7, 11) is 1.61. The van der Waals surface area contributed by atoms with Gasteiger partial charge in [0.15, 0.2) is 0 Å². The van der Waals surface area contributed by atoms with Crippen LogP contribution in [-0.2, 0) is 11.3 Å². The highest BCUT2D eigenvalue weighted by atomic mass is 79.9. The second-order valence-electron chi connectivity index (χ2n) is 3.97. The van der Waals surface area contributed by atoms with Crippen LogP contribution in [0, 0.1) is 0 Å². The molecule has 0 radical (unpaired) electrons. The fourth-order valence-electron chi connectivity index (χ4n) is 1.70. The van der Waals surface area contributed by atoms with Crippen LogP contribution >= 0.6 is 15.9 Å². The smallest absolute Gasteiger partial charge is 0.327 e. The normalized spacial score (nSPS) is 15.9. The summed E-state index contributed by atoms with van der Waals surface area (Å²) >= 11 is 3.29. The van der Waals surface area contributed by atoms with Crippen LogP contribution in [0.4, 0.5) is 10.5 Å². The molecular formula is C11H12BrN3O2. The first-order valence-corrected chi connectivity index (χ1v) is 5.87. The van der Waals surface area contributed by atoms with Crippen molar-refractivity contribution in [3.63, 3.8) is 0 Å². The van der Waals surface area contributed by atoms with Gasteiger partial charge in [0.25, 0.3) is 5.91 Å². The van der Waals surface area contributed by atoms with E-state index in [1.54, 1.807) is 19.2 Å². The molecule has 1 aliphatic heterocycles. The van der Waals surface area contributed by atoms with E-state index in [4.69, 9.17) is 5.73 Å². The van der Waals surface area contributed by atoms with Gasteiger partial charge in [-0.1, -0.05) is 6.07 Å². The lowest BCUT2D eigenvalue weighted by atomic mass is 10.2. The maximum absolute atomic E-state index is 11.7. The number of halogens is 1. The van der Waals surface area contributed by atoms with Gasteiger partial charge in [0.1, 0.15) is 6.54 Å². The van der Waals surface area contributed by atoms with Gasteiger partial charge >= 0.3 is 6.03 Å². The Morgan fingerprint density at radius 1 is 1.41 bits per heavy atom. The SMILES string of the molecule is CN1CC(=O)N(Cc2ccc(Br)c(N)c2)C1=O. The molecule has 6 heteroatoms. The van der Waals surface area contributed by atoms with Crippen molar-refractivity contribution in [1.82, 2.24) is 9.80 Å². The van der Waals surface area contributed by atoms with E-state index in [0.29, 0.717) is 5.69 Å². The summed E-state index contributed by atoms with van der Waals surface area (Å²) in [5, 5.41) is 0. The summed E-state index contributed by atoms with van der Waals surface area (Å²) in [6, 6.07) is 5.12. The number of carbonyl (C=O) groups is 2. The lowest BCUT2D eigenvalue weighted by Crippen LogP contribution is -2.31. The summed E-state index contributed by atoms with van der Waals surface area (Å²) in [6.07, 6.45) is 0. The van der Waals surface area contributed by atoms with Gasteiger partial charge in [-0.05, 0) is 33.6 Å². The third-order valence-corrected chi connectivity index (χ3v) is 3.35. The van der Waals surface area contributed by atoms with Gasteiger partial charge in [-0.25, -0.2) is 4.79 Å². The first-order chi connectivity index (χ1) is 7.99. The monoisotopic (exact) mass is 297 g/mol. The van der Waals surface area contributed by atoms with Gasteiger partial charge < -0.3 is 10.6 Å². The van der Waals surface area contributed by atoms with Gasteiger partial charge in [-0.15, -0.1) is 0 Å². The zero-order valence-electron chi connectivity index (χ0n) is 9.31. The lowest BCUT2D eigenvalue weighted by Gasteiger charge is -2.14. The first-order valence-electron chi connectivity index (χ1n) is 5.08. The number of amides is 3. The summed E-state index contributed by atoms with van der Waals surface area (Å²) in [5.74, 6) is -0.181. The van der Waals surface area contributed by atoms with Crippen LogP contribution in [0.5, 0.6) is 0 Å². The van der Waals surface area contributed by atoms with Crippen molar-refractivity contribution in [3.05, 3.63) is 28.2 Å². The average molecular weight is 298 g/mol. The van der Waals surface area contributed by atoms with E-state index in [1.165, 1.54) is 9.80 Å². The standard InChI is InChI=1S/C11H12BrN3O2/c1-14-6-10(16)15(11(14)17)5-7-2-3-8(12)9(13)4-7/h2-4H,5-6,13H2,1H3. The largest absolute Gasteiger partial charge is 0.398 e. The number of urea groups is 1. The van der Waals surface area contributed by atoms with Crippen LogP contribution in [0.2, 0.25) is 0 Å². The van der Waals surface area contributed by atoms with Crippen molar-refractivity contribution in [3.8, 4) is 0 Å². The molecule has 3 amide bonds. The molecule has 0 spiro atoms. The maximum Gasteiger partial charge on any atom is 0.327 e. The fourth-order valence-corrected chi connectivity index (χ4v) is 1.95. The van der Waals surface area contributed by atoms with Crippen molar-refractivity contribution in [2.45, 2.75) is 6.54 Å². The number of anilines is 1. The summed E-state index contributed by atoms with van der Waals surface area (Å²) in [6.45, 7) is 0.407. The zero-order valence-corrected chi connectivity index (χ0v) is 10.9. The number of likely N-dealkylation sites (N-methyl/N-ethyl adjacent to an activating group) is 1. The van der Waals surface area contributed by atoms with Crippen molar-refractivity contribution < 1.29 is 9.59 Å². The molecule has 1 aliphatic rings. The van der Waals surface area contributed by atoms with Crippen LogP contribution in [0.1, 0.15) is 5.56 Å². The minimum Gasteiger partial charge on any atom is -0.398 e. The number of hydrogen-bond donors (Lipinski definition) is 1. The number of carbonyl (C=O) groups excluding carboxylic acids is 2. The van der Waals surface area contributed by atoms with Crippen LogP contribution < -0.4 is 5.73 Å². The van der Waals surface area contributed by atoms with E-state index < -0.39 is 0 Å². The van der Waals surface area contributed by atoms with Crippen LogP contribution in [0.25, 0.3) is 0 Å². The summed E-state index contributed by atoms with van der Waals surface area (Å²) in [5.41, 5.74) is 7.17. The molecule has 1 aromatic carbocycles. The molecule has 1 heterocycles. The van der Waals surface area contributed by atoms with Crippen molar-refractivity contribution in [2.24, 2.45) is 0 Å². The molecular weight excluding hydrogens is 286 g/mol. The Bertz CT molecular complexity index is 490. The van der Waals surface area contributed by atoms with Gasteiger partial charge in [0, 0.05) is 17.2 Å². The predicted molar refractivity (Wildman–Crippen MR) is 67.1 cm³/mol. The minimum absolute atomic E-state index is 0.144. The highest BCUT2D eigenvalue weighted by Gasteiger charge is 2.33. The predicted octanol–water partition coefficient (Wildman–Crippen LogP) is 1.43. The Kier molecular flexibility index (Phi) is 3.06. The molecule has 2 rings (SSSR count). The van der Waals surface area contributed by atoms with Crippen molar-refractivity contribution >= 4 is 33.6 Å². The number of nitrogens with two attached hydrogens (primary N) is 1. The highest BCUT2D eigenvalue weighted by molar-refractivity contribution is 9.10. The van der Waals surface area contributed by atoms with E-state index in [2.05, 4.69) is 15.9 Å². The molecule has 0 bridgehead atoms. The number of nitrogen functional groups attached to an aromatic ring is 1. The molecule has 1 aromatic rings. The lowest BCUT2D eigenvalue weighted by molar-refractivity contribution is -0.125. The number of benzene rings is 1. The Morgan fingerprint density at radius 2 is 2.12 bits per heavy atom. The quantitative estimate of drug-likeness (QED) is 0.663. The van der Waals surface area contributed by atoms with Crippen LogP contribution in [-0.4, -0.2) is 35.3 Å². The Morgan fingerprint density at radius 3 is 2.65 bits per heavy atom. The Labute approximate surface area is 107 Å². The van der Waals surface area contributed by atoms with Crippen molar-refractivity contribution in [1.29, 1.82) is 0 Å². The van der Waals surface area contributed by atoms with Crippen LogP contribution in [0.15, 0.2) is 22.7 Å². The number of imide groups is 1. The van der Waals surface area contributed by atoms with Crippen molar-refractivity contribution in [2.75, 3.05) is 19.3 Å². The molecule has 17 heavy (non-hydrogen) atoms. The molecule has 0 aliphatic carbocycles. The van der Waals surface area contributed by atoms with E-state index in [9.17, 15) is 9.59 Å². The number of hydrogen-bond acceptors (Lipinski definition) is 3. The highest BCUT2D eigenvalue weighted by Crippen LogP contribution is 2.22. The van der Waals surface area contributed by atoms with E-state index in [1.807, 2.05) is 6.07 Å². The molecule has 1 fully saturated rings. The fraction of sp³-hybridized carbons (Fsp3) is 0.273.